The average molecular weight is 239 g/mol. The monoisotopic (exact) mass is 239 g/mol. The summed E-state index contributed by atoms with van der Waals surface area (Å²) in [5.74, 6) is -0.469. The number of rotatable bonds is 4. The van der Waals surface area contributed by atoms with Crippen LogP contribution in [-0.4, -0.2) is 42.9 Å². The van der Waals surface area contributed by atoms with Gasteiger partial charge >= 0.3 is 6.03 Å². The fourth-order valence-electron chi connectivity index (χ4n) is 1.59. The highest BCUT2D eigenvalue weighted by molar-refractivity contribution is 5.98. The molecule has 0 saturated carbocycles. The number of hydrogen-bond acceptors (Lipinski definition) is 3. The Labute approximate surface area is 100 Å². The summed E-state index contributed by atoms with van der Waals surface area (Å²) in [5, 5.41) is 4.75. The number of urea groups is 1. The third-order valence-corrected chi connectivity index (χ3v) is 2.47. The lowest BCUT2D eigenvalue weighted by molar-refractivity contribution is -0.121. The van der Waals surface area contributed by atoms with Crippen LogP contribution in [0.4, 0.5) is 4.79 Å². The van der Waals surface area contributed by atoms with Crippen molar-refractivity contribution in [2.45, 2.75) is 19.8 Å². The highest BCUT2D eigenvalue weighted by Gasteiger charge is 2.24. The summed E-state index contributed by atoms with van der Waals surface area (Å²) in [6, 6.07) is -0.438. The van der Waals surface area contributed by atoms with Gasteiger partial charge in [0.2, 0.25) is 11.8 Å². The topological polar surface area (TPSA) is 78.5 Å². The summed E-state index contributed by atoms with van der Waals surface area (Å²) in [7, 11) is 1.55. The zero-order chi connectivity index (χ0) is 12.8. The van der Waals surface area contributed by atoms with Crippen molar-refractivity contribution in [2.24, 2.45) is 0 Å². The Bertz CT molecular complexity index is 363. The van der Waals surface area contributed by atoms with Crippen molar-refractivity contribution < 1.29 is 14.4 Å². The van der Waals surface area contributed by atoms with E-state index in [1.807, 2.05) is 6.92 Å². The normalized spacial score (nSPS) is 16.8. The van der Waals surface area contributed by atoms with E-state index < -0.39 is 6.03 Å². The maximum Gasteiger partial charge on any atom is 0.324 e. The lowest BCUT2D eigenvalue weighted by Gasteiger charge is -2.27. The largest absolute Gasteiger partial charge is 0.355 e. The summed E-state index contributed by atoms with van der Waals surface area (Å²) in [4.78, 5) is 35.5. The van der Waals surface area contributed by atoms with Gasteiger partial charge in [-0.1, -0.05) is 13.0 Å². The predicted molar refractivity (Wildman–Crippen MR) is 62.2 cm³/mol. The first-order chi connectivity index (χ1) is 8.08. The summed E-state index contributed by atoms with van der Waals surface area (Å²) >= 11 is 0. The van der Waals surface area contributed by atoms with Gasteiger partial charge in [0, 0.05) is 25.6 Å². The first-order valence-electron chi connectivity index (χ1n) is 5.58. The van der Waals surface area contributed by atoms with E-state index in [0.717, 1.165) is 6.42 Å². The van der Waals surface area contributed by atoms with E-state index in [4.69, 9.17) is 0 Å². The van der Waals surface area contributed by atoms with Gasteiger partial charge in [-0.15, -0.1) is 0 Å². The smallest absolute Gasteiger partial charge is 0.324 e. The first kappa shape index (κ1) is 13.2. The van der Waals surface area contributed by atoms with Crippen LogP contribution in [0.15, 0.2) is 11.6 Å². The SMILES string of the molecule is CC/C=C(/CN1CCC(=O)NC1=O)C(=O)NC. The summed E-state index contributed by atoms with van der Waals surface area (Å²) < 4.78 is 0. The molecule has 4 amide bonds. The molecule has 0 aromatic rings. The molecule has 6 nitrogen and oxygen atoms in total. The molecule has 0 bridgehead atoms. The third-order valence-electron chi connectivity index (χ3n) is 2.47. The van der Waals surface area contributed by atoms with Gasteiger partial charge < -0.3 is 10.2 Å². The van der Waals surface area contributed by atoms with Gasteiger partial charge in [-0.05, 0) is 6.42 Å². The molecule has 0 aromatic heterocycles. The number of nitrogens with zero attached hydrogens (tertiary/aromatic N) is 1. The van der Waals surface area contributed by atoms with Gasteiger partial charge in [-0.3, -0.25) is 14.9 Å². The molecule has 2 N–H and O–H groups in total. The number of hydrogen-bond donors (Lipinski definition) is 2. The first-order valence-corrected chi connectivity index (χ1v) is 5.58. The van der Waals surface area contributed by atoms with Crippen molar-refractivity contribution in [3.8, 4) is 0 Å². The van der Waals surface area contributed by atoms with Crippen LogP contribution in [0.1, 0.15) is 19.8 Å². The Balaban J connectivity index is 2.68. The van der Waals surface area contributed by atoms with Crippen molar-refractivity contribution in [1.29, 1.82) is 0 Å². The molecule has 0 unspecified atom stereocenters. The number of likely N-dealkylation sites (N-methyl/N-ethyl adjacent to an activating group) is 1. The number of allylic oxidation sites excluding steroid dienone is 1. The Kier molecular flexibility index (Phi) is 4.68. The van der Waals surface area contributed by atoms with Gasteiger partial charge in [-0.2, -0.15) is 0 Å². The van der Waals surface area contributed by atoms with E-state index in [-0.39, 0.29) is 24.8 Å². The molecule has 0 aromatic carbocycles. The van der Waals surface area contributed by atoms with Crippen molar-refractivity contribution in [3.05, 3.63) is 11.6 Å². The summed E-state index contributed by atoms with van der Waals surface area (Å²) in [5.41, 5.74) is 0.541. The molecule has 17 heavy (non-hydrogen) atoms. The van der Waals surface area contributed by atoms with Gasteiger partial charge in [0.25, 0.3) is 0 Å². The van der Waals surface area contributed by atoms with E-state index in [1.54, 1.807) is 13.1 Å². The van der Waals surface area contributed by atoms with Crippen LogP contribution in [0, 0.1) is 0 Å². The summed E-state index contributed by atoms with van der Waals surface area (Å²) in [6.07, 6.45) is 2.78. The van der Waals surface area contributed by atoms with E-state index >= 15 is 0 Å². The lowest BCUT2D eigenvalue weighted by Crippen LogP contribution is -2.50. The van der Waals surface area contributed by atoms with E-state index in [9.17, 15) is 14.4 Å². The fraction of sp³-hybridized carbons (Fsp3) is 0.545. The number of carbonyl (C=O) groups is 3. The van der Waals surface area contributed by atoms with Gasteiger partial charge in [0.05, 0.1) is 6.54 Å². The minimum Gasteiger partial charge on any atom is -0.355 e. The second-order valence-electron chi connectivity index (χ2n) is 3.74. The minimum atomic E-state index is -0.438. The second-order valence-corrected chi connectivity index (χ2v) is 3.74. The quantitative estimate of drug-likeness (QED) is 0.678. The Hall–Kier alpha value is -1.85. The van der Waals surface area contributed by atoms with Crippen molar-refractivity contribution in [3.63, 3.8) is 0 Å². The van der Waals surface area contributed by atoms with Gasteiger partial charge in [-0.25, -0.2) is 4.79 Å². The van der Waals surface area contributed by atoms with Crippen LogP contribution in [0.25, 0.3) is 0 Å². The van der Waals surface area contributed by atoms with Crippen LogP contribution in [-0.2, 0) is 9.59 Å². The zero-order valence-corrected chi connectivity index (χ0v) is 10.1. The number of imide groups is 1. The van der Waals surface area contributed by atoms with E-state index in [1.165, 1.54) is 4.90 Å². The summed E-state index contributed by atoms with van der Waals surface area (Å²) in [6.45, 7) is 2.50. The maximum absolute atomic E-state index is 11.5. The molecule has 94 valence electrons. The zero-order valence-electron chi connectivity index (χ0n) is 10.1. The van der Waals surface area contributed by atoms with E-state index in [0.29, 0.717) is 12.1 Å². The average Bonchev–Trinajstić information content (AvgIpc) is 2.30. The molecule has 1 saturated heterocycles. The molecule has 1 rings (SSSR count). The standard InChI is InChI=1S/C11H17N3O3/c1-3-4-8(10(16)12-2)7-14-6-5-9(15)13-11(14)17/h4H,3,5-7H2,1-2H3,(H,12,16)(H,13,15,17)/b8-4-. The molecule has 1 aliphatic rings. The third kappa shape index (κ3) is 3.58. The molecule has 0 spiro atoms. The molecule has 1 heterocycles. The lowest BCUT2D eigenvalue weighted by atomic mass is 10.1. The molecule has 1 fully saturated rings. The molecule has 0 aliphatic carbocycles. The molecular weight excluding hydrogens is 222 g/mol. The number of carbonyl (C=O) groups excluding carboxylic acids is 3. The Morgan fingerprint density at radius 1 is 1.53 bits per heavy atom. The molecule has 1 aliphatic heterocycles. The predicted octanol–water partition coefficient (Wildman–Crippen LogP) is 0.0107. The van der Waals surface area contributed by atoms with Crippen LogP contribution in [0.2, 0.25) is 0 Å². The number of nitrogens with one attached hydrogen (secondary N) is 2. The van der Waals surface area contributed by atoms with Crippen LogP contribution in [0.5, 0.6) is 0 Å². The van der Waals surface area contributed by atoms with Crippen molar-refractivity contribution in [1.82, 2.24) is 15.5 Å². The van der Waals surface area contributed by atoms with Gasteiger partial charge in [0.15, 0.2) is 0 Å². The van der Waals surface area contributed by atoms with Crippen molar-refractivity contribution >= 4 is 17.8 Å². The van der Waals surface area contributed by atoms with Crippen molar-refractivity contribution in [2.75, 3.05) is 20.1 Å². The molecule has 0 atom stereocenters. The Morgan fingerprint density at radius 3 is 2.76 bits per heavy atom. The van der Waals surface area contributed by atoms with E-state index in [2.05, 4.69) is 10.6 Å². The van der Waals surface area contributed by atoms with Gasteiger partial charge in [0.1, 0.15) is 0 Å². The molecule has 0 radical (unpaired) electrons. The van der Waals surface area contributed by atoms with Crippen LogP contribution >= 0.6 is 0 Å². The fourth-order valence-corrected chi connectivity index (χ4v) is 1.59. The maximum atomic E-state index is 11.5. The molecule has 6 heteroatoms. The molecular formula is C11H17N3O3. The Morgan fingerprint density at radius 2 is 2.24 bits per heavy atom. The highest BCUT2D eigenvalue weighted by Crippen LogP contribution is 2.06. The second kappa shape index (κ2) is 6.03. The van der Waals surface area contributed by atoms with Crippen LogP contribution < -0.4 is 10.6 Å². The highest BCUT2D eigenvalue weighted by atomic mass is 16.2. The van der Waals surface area contributed by atoms with Crippen LogP contribution in [0.3, 0.4) is 0 Å². The minimum absolute atomic E-state index is 0.198. The number of amides is 4.